The summed E-state index contributed by atoms with van der Waals surface area (Å²) in [7, 11) is 1.53. The molecule has 0 spiro atoms. The molecule has 0 heterocycles. The van der Waals surface area contributed by atoms with E-state index >= 15 is 0 Å². The van der Waals surface area contributed by atoms with Gasteiger partial charge in [0.2, 0.25) is 0 Å². The fourth-order valence-corrected chi connectivity index (χ4v) is 2.98. The van der Waals surface area contributed by atoms with Crippen LogP contribution in [0.3, 0.4) is 0 Å². The van der Waals surface area contributed by atoms with Crippen molar-refractivity contribution in [2.24, 2.45) is 0 Å². The highest BCUT2D eigenvalue weighted by Crippen LogP contribution is 2.32. The molecule has 2 aromatic rings. The van der Waals surface area contributed by atoms with Gasteiger partial charge in [-0.1, -0.05) is 6.07 Å². The average molecular weight is 424 g/mol. The molecule has 0 aromatic heterocycles. The van der Waals surface area contributed by atoms with Crippen molar-refractivity contribution in [3.8, 4) is 11.5 Å². The number of nitrogens with one attached hydrogen (secondary N) is 1. The van der Waals surface area contributed by atoms with E-state index in [1.807, 2.05) is 31.2 Å². The SMILES string of the molecule is CCOc1cccc(NC(=S)OC)c1COc1cc(C)c(C)cc1Br. The second-order valence-electron chi connectivity index (χ2n) is 5.49. The van der Waals surface area contributed by atoms with Crippen molar-refractivity contribution in [2.75, 3.05) is 19.0 Å². The van der Waals surface area contributed by atoms with E-state index in [0.717, 1.165) is 27.2 Å². The van der Waals surface area contributed by atoms with Crippen molar-refractivity contribution < 1.29 is 14.2 Å². The molecule has 4 nitrogen and oxygen atoms in total. The zero-order valence-electron chi connectivity index (χ0n) is 14.8. The third-order valence-corrected chi connectivity index (χ3v) is 4.66. The van der Waals surface area contributed by atoms with Crippen molar-refractivity contribution >= 4 is 39.0 Å². The van der Waals surface area contributed by atoms with Crippen LogP contribution in [-0.4, -0.2) is 18.9 Å². The van der Waals surface area contributed by atoms with Crippen molar-refractivity contribution in [1.29, 1.82) is 0 Å². The first-order chi connectivity index (χ1) is 12.0. The molecule has 2 aromatic carbocycles. The lowest BCUT2D eigenvalue weighted by molar-refractivity contribution is 0.285. The molecule has 0 radical (unpaired) electrons. The monoisotopic (exact) mass is 423 g/mol. The highest BCUT2D eigenvalue weighted by molar-refractivity contribution is 9.10. The molecule has 2 rings (SSSR count). The van der Waals surface area contributed by atoms with Gasteiger partial charge in [0.15, 0.2) is 0 Å². The van der Waals surface area contributed by atoms with E-state index in [9.17, 15) is 0 Å². The van der Waals surface area contributed by atoms with E-state index in [1.165, 1.54) is 18.2 Å². The van der Waals surface area contributed by atoms with Crippen LogP contribution in [0.5, 0.6) is 11.5 Å². The van der Waals surface area contributed by atoms with Gasteiger partial charge in [-0.25, -0.2) is 0 Å². The summed E-state index contributed by atoms with van der Waals surface area (Å²) in [6, 6.07) is 9.82. The van der Waals surface area contributed by atoms with Crippen LogP contribution < -0.4 is 14.8 Å². The molecule has 0 amide bonds. The minimum atomic E-state index is 0.294. The number of rotatable bonds is 6. The predicted molar refractivity (Wildman–Crippen MR) is 109 cm³/mol. The molecular weight excluding hydrogens is 402 g/mol. The number of hydrogen-bond acceptors (Lipinski definition) is 4. The largest absolute Gasteiger partial charge is 0.493 e. The summed E-state index contributed by atoms with van der Waals surface area (Å²) in [4.78, 5) is 0. The number of thiocarbonyl (C=S) groups is 1. The zero-order valence-corrected chi connectivity index (χ0v) is 17.2. The Kier molecular flexibility index (Phi) is 7.08. The maximum absolute atomic E-state index is 6.05. The Hall–Kier alpha value is -1.79. The minimum Gasteiger partial charge on any atom is -0.493 e. The molecule has 0 aliphatic heterocycles. The van der Waals surface area contributed by atoms with Crippen LogP contribution in [0.1, 0.15) is 23.6 Å². The summed E-state index contributed by atoms with van der Waals surface area (Å²) >= 11 is 8.67. The Morgan fingerprint density at radius 1 is 1.12 bits per heavy atom. The van der Waals surface area contributed by atoms with Crippen LogP contribution in [0, 0.1) is 13.8 Å². The van der Waals surface area contributed by atoms with Gasteiger partial charge in [0, 0.05) is 0 Å². The molecule has 1 N–H and O–H groups in total. The van der Waals surface area contributed by atoms with Gasteiger partial charge in [-0.3, -0.25) is 0 Å². The molecule has 25 heavy (non-hydrogen) atoms. The van der Waals surface area contributed by atoms with Gasteiger partial charge < -0.3 is 19.5 Å². The molecule has 0 atom stereocenters. The number of benzene rings is 2. The van der Waals surface area contributed by atoms with Gasteiger partial charge in [0.25, 0.3) is 5.17 Å². The molecule has 0 saturated carbocycles. The van der Waals surface area contributed by atoms with Crippen molar-refractivity contribution in [1.82, 2.24) is 0 Å². The van der Waals surface area contributed by atoms with Gasteiger partial charge >= 0.3 is 0 Å². The Morgan fingerprint density at radius 3 is 2.52 bits per heavy atom. The predicted octanol–water partition coefficient (Wildman–Crippen LogP) is 5.39. The first kappa shape index (κ1) is 19.5. The summed E-state index contributed by atoms with van der Waals surface area (Å²) in [5, 5.41) is 3.36. The molecule has 0 aliphatic carbocycles. The number of halogens is 1. The number of methoxy groups -OCH3 is 1. The van der Waals surface area contributed by atoms with Crippen LogP contribution in [-0.2, 0) is 11.3 Å². The number of aryl methyl sites for hydroxylation is 2. The topological polar surface area (TPSA) is 39.7 Å². The molecule has 0 bridgehead atoms. The Morgan fingerprint density at radius 2 is 1.84 bits per heavy atom. The highest BCUT2D eigenvalue weighted by Gasteiger charge is 2.13. The van der Waals surface area contributed by atoms with Gasteiger partial charge in [-0.15, -0.1) is 0 Å². The lowest BCUT2D eigenvalue weighted by Crippen LogP contribution is -2.14. The molecule has 6 heteroatoms. The molecule has 0 saturated heterocycles. The number of ether oxygens (including phenoxy) is 3. The number of hydrogen-bond donors (Lipinski definition) is 1. The Bertz CT molecular complexity index is 765. The normalized spacial score (nSPS) is 10.3. The highest BCUT2D eigenvalue weighted by atomic mass is 79.9. The van der Waals surface area contributed by atoms with Crippen molar-refractivity contribution in [2.45, 2.75) is 27.4 Å². The molecular formula is C19H22BrNO3S. The van der Waals surface area contributed by atoms with Crippen LogP contribution in [0.15, 0.2) is 34.8 Å². The molecule has 134 valence electrons. The van der Waals surface area contributed by atoms with E-state index in [0.29, 0.717) is 18.4 Å². The fraction of sp³-hybridized carbons (Fsp3) is 0.316. The lowest BCUT2D eigenvalue weighted by atomic mass is 10.1. The van der Waals surface area contributed by atoms with Gasteiger partial charge in [-0.2, -0.15) is 0 Å². The second-order valence-corrected chi connectivity index (χ2v) is 6.71. The molecule has 0 unspecified atom stereocenters. The van der Waals surface area contributed by atoms with E-state index in [4.69, 9.17) is 26.4 Å². The molecule has 0 aliphatic rings. The van der Waals surface area contributed by atoms with Gasteiger partial charge in [-0.05, 0) is 84.3 Å². The fourth-order valence-electron chi connectivity index (χ4n) is 2.30. The third kappa shape index (κ3) is 5.09. The van der Waals surface area contributed by atoms with Gasteiger partial charge in [0.1, 0.15) is 18.1 Å². The first-order valence-electron chi connectivity index (χ1n) is 7.95. The summed E-state index contributed by atoms with van der Waals surface area (Å²) < 4.78 is 17.8. The summed E-state index contributed by atoms with van der Waals surface area (Å²) in [5.74, 6) is 1.54. The van der Waals surface area contributed by atoms with Crippen molar-refractivity contribution in [3.63, 3.8) is 0 Å². The van der Waals surface area contributed by atoms with E-state index in [-0.39, 0.29) is 0 Å². The Balaban J connectivity index is 2.30. The minimum absolute atomic E-state index is 0.294. The standard InChI is InChI=1S/C19H22BrNO3S/c1-5-23-17-8-6-7-16(21-19(25)22-4)14(17)11-24-18-10-13(3)12(2)9-15(18)20/h6-10H,5,11H2,1-4H3,(H,21,25). The second kappa shape index (κ2) is 9.06. The van der Waals surface area contributed by atoms with Gasteiger partial charge in [0.05, 0.1) is 29.4 Å². The smallest absolute Gasteiger partial charge is 0.260 e. The van der Waals surface area contributed by atoms with Crippen LogP contribution >= 0.6 is 28.1 Å². The quantitative estimate of drug-likeness (QED) is 0.630. The average Bonchev–Trinajstić information content (AvgIpc) is 2.58. The van der Waals surface area contributed by atoms with Crippen LogP contribution in [0.4, 0.5) is 5.69 Å². The number of anilines is 1. The maximum atomic E-state index is 6.05. The summed E-state index contributed by atoms with van der Waals surface area (Å²) in [6.45, 7) is 6.99. The maximum Gasteiger partial charge on any atom is 0.260 e. The van der Waals surface area contributed by atoms with Crippen LogP contribution in [0.2, 0.25) is 0 Å². The third-order valence-electron chi connectivity index (χ3n) is 3.78. The van der Waals surface area contributed by atoms with E-state index < -0.39 is 0 Å². The summed E-state index contributed by atoms with van der Waals surface area (Å²) in [6.07, 6.45) is 0. The lowest BCUT2D eigenvalue weighted by Gasteiger charge is -2.17. The Labute approximate surface area is 162 Å². The molecule has 0 fully saturated rings. The van der Waals surface area contributed by atoms with E-state index in [2.05, 4.69) is 41.2 Å². The summed E-state index contributed by atoms with van der Waals surface area (Å²) in [5.41, 5.74) is 4.07. The van der Waals surface area contributed by atoms with E-state index in [1.54, 1.807) is 0 Å². The van der Waals surface area contributed by atoms with Crippen LogP contribution in [0.25, 0.3) is 0 Å². The van der Waals surface area contributed by atoms with Crippen molar-refractivity contribution in [3.05, 3.63) is 51.5 Å². The zero-order chi connectivity index (χ0) is 18.4. The first-order valence-corrected chi connectivity index (χ1v) is 9.15.